The molecule has 4 heterocycles. The highest BCUT2D eigenvalue weighted by Crippen LogP contribution is 2.32. The molecule has 1 aromatic carbocycles. The van der Waals surface area contributed by atoms with Crippen molar-refractivity contribution in [2.75, 3.05) is 26.3 Å². The number of likely N-dealkylation sites (tertiary alicyclic amines) is 1. The number of furan rings is 1. The van der Waals surface area contributed by atoms with Gasteiger partial charge in [0.1, 0.15) is 17.1 Å². The SMILES string of the molecule is Cc1ccc(-c2cc(C(=O)N3CCC4(CC3)OCCO4)n(-c3cccc(Cl)c3)n2)o1. The highest BCUT2D eigenvalue weighted by molar-refractivity contribution is 6.30. The molecule has 3 aromatic rings. The lowest BCUT2D eigenvalue weighted by atomic mass is 10.0. The van der Waals surface area contributed by atoms with Gasteiger partial charge in [0.2, 0.25) is 0 Å². The normalized spacial score (nSPS) is 18.3. The minimum atomic E-state index is -0.527. The predicted molar refractivity (Wildman–Crippen MR) is 111 cm³/mol. The Morgan fingerprint density at radius 2 is 1.87 bits per heavy atom. The van der Waals surface area contributed by atoms with Gasteiger partial charge in [-0.05, 0) is 37.3 Å². The molecule has 0 saturated carbocycles. The number of nitrogens with zero attached hydrogens (tertiary/aromatic N) is 3. The minimum absolute atomic E-state index is 0.0927. The van der Waals surface area contributed by atoms with Crippen molar-refractivity contribution in [1.82, 2.24) is 14.7 Å². The molecular formula is C22H22ClN3O4. The average Bonchev–Trinajstić information content (AvgIpc) is 3.48. The molecule has 30 heavy (non-hydrogen) atoms. The molecule has 0 bridgehead atoms. The number of aromatic nitrogens is 2. The molecule has 2 saturated heterocycles. The van der Waals surface area contributed by atoms with Gasteiger partial charge in [-0.1, -0.05) is 17.7 Å². The first-order chi connectivity index (χ1) is 14.5. The second-order valence-electron chi connectivity index (χ2n) is 7.62. The summed E-state index contributed by atoms with van der Waals surface area (Å²) in [5, 5.41) is 5.24. The smallest absolute Gasteiger partial charge is 0.272 e. The summed E-state index contributed by atoms with van der Waals surface area (Å²) in [6.45, 7) is 4.23. The molecule has 0 N–H and O–H groups in total. The van der Waals surface area contributed by atoms with Crippen LogP contribution in [0.1, 0.15) is 29.1 Å². The van der Waals surface area contributed by atoms with E-state index in [4.69, 9.17) is 25.5 Å². The van der Waals surface area contributed by atoms with E-state index in [9.17, 15) is 4.79 Å². The van der Waals surface area contributed by atoms with Crippen LogP contribution in [0.5, 0.6) is 0 Å². The molecule has 7 nitrogen and oxygen atoms in total. The van der Waals surface area contributed by atoms with Gasteiger partial charge in [-0.15, -0.1) is 0 Å². The minimum Gasteiger partial charge on any atom is -0.460 e. The number of hydrogen-bond donors (Lipinski definition) is 0. The number of benzene rings is 1. The zero-order valence-electron chi connectivity index (χ0n) is 16.6. The van der Waals surface area contributed by atoms with E-state index >= 15 is 0 Å². The fourth-order valence-electron chi connectivity index (χ4n) is 4.03. The van der Waals surface area contributed by atoms with Gasteiger partial charge in [-0.2, -0.15) is 5.10 Å². The van der Waals surface area contributed by atoms with Crippen LogP contribution >= 0.6 is 11.6 Å². The fraction of sp³-hybridized carbons (Fsp3) is 0.364. The fourth-order valence-corrected chi connectivity index (χ4v) is 4.21. The standard InChI is InChI=1S/C22H22ClN3O4/c1-15-5-6-20(30-15)18-14-19(26(24-18)17-4-2-3-16(23)13-17)21(27)25-9-7-22(8-10-25)28-11-12-29-22/h2-6,13-14H,7-12H2,1H3. The molecule has 2 aliphatic heterocycles. The molecule has 8 heteroatoms. The van der Waals surface area contributed by atoms with Crippen LogP contribution in [0.3, 0.4) is 0 Å². The average molecular weight is 428 g/mol. The molecule has 5 rings (SSSR count). The van der Waals surface area contributed by atoms with E-state index in [2.05, 4.69) is 5.10 Å². The number of piperidine rings is 1. The number of amides is 1. The van der Waals surface area contributed by atoms with Crippen molar-refractivity contribution >= 4 is 17.5 Å². The Morgan fingerprint density at radius 3 is 2.53 bits per heavy atom. The number of carbonyl (C=O) groups excluding carboxylic acids is 1. The summed E-state index contributed by atoms with van der Waals surface area (Å²) in [7, 11) is 0. The van der Waals surface area contributed by atoms with Crippen LogP contribution < -0.4 is 0 Å². The molecule has 0 unspecified atom stereocenters. The number of rotatable bonds is 3. The topological polar surface area (TPSA) is 69.7 Å². The van der Waals surface area contributed by atoms with Crippen LogP contribution in [0.15, 0.2) is 46.9 Å². The first-order valence-electron chi connectivity index (χ1n) is 10.0. The highest BCUT2D eigenvalue weighted by atomic mass is 35.5. The molecule has 156 valence electrons. The Hall–Kier alpha value is -2.61. The van der Waals surface area contributed by atoms with E-state index in [-0.39, 0.29) is 5.91 Å². The van der Waals surface area contributed by atoms with E-state index in [0.717, 1.165) is 11.4 Å². The van der Waals surface area contributed by atoms with E-state index in [1.807, 2.05) is 36.1 Å². The lowest BCUT2D eigenvalue weighted by molar-refractivity contribution is -0.181. The molecule has 0 radical (unpaired) electrons. The first kappa shape index (κ1) is 19.4. The molecule has 1 spiro atoms. The quantitative estimate of drug-likeness (QED) is 0.630. The van der Waals surface area contributed by atoms with Crippen molar-refractivity contribution < 1.29 is 18.7 Å². The zero-order chi connectivity index (χ0) is 20.7. The summed E-state index contributed by atoms with van der Waals surface area (Å²) in [4.78, 5) is 15.3. The Balaban J connectivity index is 1.48. The van der Waals surface area contributed by atoms with Gasteiger partial charge in [0.05, 0.1) is 18.9 Å². The van der Waals surface area contributed by atoms with Gasteiger partial charge in [0.25, 0.3) is 5.91 Å². The van der Waals surface area contributed by atoms with E-state index in [1.54, 1.807) is 22.9 Å². The molecule has 2 aliphatic rings. The molecule has 0 atom stereocenters. The van der Waals surface area contributed by atoms with Crippen LogP contribution in [-0.2, 0) is 9.47 Å². The van der Waals surface area contributed by atoms with Crippen LogP contribution in [-0.4, -0.2) is 52.7 Å². The van der Waals surface area contributed by atoms with Gasteiger partial charge in [-0.25, -0.2) is 4.68 Å². The van der Waals surface area contributed by atoms with Gasteiger partial charge >= 0.3 is 0 Å². The third-order valence-electron chi connectivity index (χ3n) is 5.60. The monoisotopic (exact) mass is 427 g/mol. The second kappa shape index (κ2) is 7.58. The maximum absolute atomic E-state index is 13.5. The Morgan fingerprint density at radius 1 is 1.10 bits per heavy atom. The van der Waals surface area contributed by atoms with E-state index < -0.39 is 5.79 Å². The zero-order valence-corrected chi connectivity index (χ0v) is 17.4. The maximum atomic E-state index is 13.5. The van der Waals surface area contributed by atoms with Crippen LogP contribution in [0.2, 0.25) is 5.02 Å². The van der Waals surface area contributed by atoms with Crippen molar-refractivity contribution in [1.29, 1.82) is 0 Å². The highest BCUT2D eigenvalue weighted by Gasteiger charge is 2.41. The van der Waals surface area contributed by atoms with Crippen molar-refractivity contribution in [3.8, 4) is 17.1 Å². The summed E-state index contributed by atoms with van der Waals surface area (Å²) >= 11 is 6.19. The third kappa shape index (κ3) is 3.53. The number of hydrogen-bond acceptors (Lipinski definition) is 5. The summed E-state index contributed by atoms with van der Waals surface area (Å²) < 4.78 is 18.9. The van der Waals surface area contributed by atoms with Crippen molar-refractivity contribution in [2.24, 2.45) is 0 Å². The largest absolute Gasteiger partial charge is 0.460 e. The molecule has 0 aliphatic carbocycles. The second-order valence-corrected chi connectivity index (χ2v) is 8.05. The predicted octanol–water partition coefficient (Wildman–Crippen LogP) is 4.07. The summed E-state index contributed by atoms with van der Waals surface area (Å²) in [6, 6.07) is 12.8. The first-order valence-corrected chi connectivity index (χ1v) is 10.4. The molecular weight excluding hydrogens is 406 g/mol. The van der Waals surface area contributed by atoms with Crippen molar-refractivity contribution in [2.45, 2.75) is 25.6 Å². The summed E-state index contributed by atoms with van der Waals surface area (Å²) in [5.74, 6) is 0.784. The van der Waals surface area contributed by atoms with E-state index in [0.29, 0.717) is 61.3 Å². The molecule has 1 amide bonds. The van der Waals surface area contributed by atoms with Crippen molar-refractivity contribution in [3.63, 3.8) is 0 Å². The third-order valence-corrected chi connectivity index (χ3v) is 5.84. The number of ether oxygens (including phenoxy) is 2. The Bertz CT molecular complexity index is 1070. The Kier molecular flexibility index (Phi) is 4.89. The lowest BCUT2D eigenvalue weighted by Gasteiger charge is -2.37. The van der Waals surface area contributed by atoms with Gasteiger partial charge < -0.3 is 18.8 Å². The maximum Gasteiger partial charge on any atom is 0.272 e. The van der Waals surface area contributed by atoms with Crippen LogP contribution in [0, 0.1) is 6.92 Å². The van der Waals surface area contributed by atoms with Gasteiger partial charge in [0, 0.05) is 37.0 Å². The van der Waals surface area contributed by atoms with Crippen LogP contribution in [0.4, 0.5) is 0 Å². The van der Waals surface area contributed by atoms with Gasteiger partial charge in [-0.3, -0.25) is 4.79 Å². The van der Waals surface area contributed by atoms with Crippen LogP contribution in [0.25, 0.3) is 17.1 Å². The Labute approximate surface area is 179 Å². The molecule has 2 fully saturated rings. The van der Waals surface area contributed by atoms with Gasteiger partial charge in [0.15, 0.2) is 11.5 Å². The number of carbonyl (C=O) groups is 1. The molecule has 2 aromatic heterocycles. The number of halogens is 1. The van der Waals surface area contributed by atoms with Crippen molar-refractivity contribution in [3.05, 3.63) is 58.9 Å². The lowest BCUT2D eigenvalue weighted by Crippen LogP contribution is -2.47. The summed E-state index contributed by atoms with van der Waals surface area (Å²) in [5.41, 5.74) is 1.78. The summed E-state index contributed by atoms with van der Waals surface area (Å²) in [6.07, 6.45) is 1.32. The number of aryl methyl sites for hydroxylation is 1. The van der Waals surface area contributed by atoms with E-state index in [1.165, 1.54) is 0 Å².